The molecule has 0 aliphatic rings. The van der Waals surface area contributed by atoms with Gasteiger partial charge in [0.15, 0.2) is 11.6 Å². The molecule has 3 aromatic rings. The summed E-state index contributed by atoms with van der Waals surface area (Å²) in [4.78, 5) is 16.5. The smallest absolute Gasteiger partial charge is 0.222 e. The summed E-state index contributed by atoms with van der Waals surface area (Å²) in [5.74, 6) is 0.976. The molecule has 2 aromatic heterocycles. The number of nitrogens with zero attached hydrogens (tertiary/aromatic N) is 4. The average molecular weight is 367 g/mol. The second-order valence-corrected chi connectivity index (χ2v) is 6.23. The Bertz CT molecular complexity index is 926. The number of aryl methyl sites for hydroxylation is 1. The number of nitrogens with two attached hydrogens (primary N) is 1. The van der Waals surface area contributed by atoms with E-state index in [-0.39, 0.29) is 17.5 Å². The van der Waals surface area contributed by atoms with Crippen molar-refractivity contribution in [1.82, 2.24) is 19.9 Å². The first-order valence-corrected chi connectivity index (χ1v) is 8.91. The highest BCUT2D eigenvalue weighted by molar-refractivity contribution is 5.64. The highest BCUT2D eigenvalue weighted by Crippen LogP contribution is 2.39. The van der Waals surface area contributed by atoms with Crippen molar-refractivity contribution < 1.29 is 9.13 Å². The van der Waals surface area contributed by atoms with E-state index in [1.807, 2.05) is 6.07 Å². The summed E-state index contributed by atoms with van der Waals surface area (Å²) in [6.45, 7) is 5.90. The van der Waals surface area contributed by atoms with Gasteiger partial charge < -0.3 is 10.5 Å². The summed E-state index contributed by atoms with van der Waals surface area (Å²) in [7, 11) is 0. The molecule has 2 N–H and O–H groups in total. The fourth-order valence-electron chi connectivity index (χ4n) is 3.00. The van der Waals surface area contributed by atoms with Crippen LogP contribution >= 0.6 is 0 Å². The lowest BCUT2D eigenvalue weighted by Gasteiger charge is -2.19. The number of hydrogen-bond acceptors (Lipinski definition) is 6. The van der Waals surface area contributed by atoms with Crippen LogP contribution in [0, 0.1) is 12.7 Å². The standard InChI is InChI=1S/C20H22FN5O/c1-4-13(5-2)14-6-7-15(16-10-25-17(22)11-24-16)19(21)20(14)27-18-8-9-23-12(3)26-18/h6-11,13H,4-5H2,1-3H3,(H2,22,25). The van der Waals surface area contributed by atoms with E-state index < -0.39 is 5.82 Å². The van der Waals surface area contributed by atoms with Gasteiger partial charge in [0.25, 0.3) is 0 Å². The van der Waals surface area contributed by atoms with E-state index in [1.165, 1.54) is 12.4 Å². The third kappa shape index (κ3) is 4.02. The largest absolute Gasteiger partial charge is 0.436 e. The summed E-state index contributed by atoms with van der Waals surface area (Å²) in [6.07, 6.45) is 6.18. The van der Waals surface area contributed by atoms with Gasteiger partial charge in [0.2, 0.25) is 5.88 Å². The Morgan fingerprint density at radius 1 is 1.07 bits per heavy atom. The van der Waals surface area contributed by atoms with Crippen LogP contribution in [0.3, 0.4) is 0 Å². The van der Waals surface area contributed by atoms with Crippen molar-refractivity contribution in [3.8, 4) is 22.9 Å². The molecule has 3 rings (SSSR count). The lowest BCUT2D eigenvalue weighted by molar-refractivity contribution is 0.413. The van der Waals surface area contributed by atoms with Gasteiger partial charge in [-0.15, -0.1) is 0 Å². The van der Waals surface area contributed by atoms with Crippen molar-refractivity contribution >= 4 is 5.82 Å². The zero-order chi connectivity index (χ0) is 19.4. The minimum Gasteiger partial charge on any atom is -0.436 e. The number of halogens is 1. The number of rotatable bonds is 6. The van der Waals surface area contributed by atoms with Gasteiger partial charge in [-0.05, 0) is 31.7 Å². The molecular formula is C20H22FN5O. The van der Waals surface area contributed by atoms with Crippen molar-refractivity contribution in [1.29, 1.82) is 0 Å². The van der Waals surface area contributed by atoms with Gasteiger partial charge in [-0.3, -0.25) is 4.98 Å². The lowest BCUT2D eigenvalue weighted by Crippen LogP contribution is -2.04. The van der Waals surface area contributed by atoms with Crippen LogP contribution in [0.15, 0.2) is 36.8 Å². The molecule has 0 saturated heterocycles. The molecule has 27 heavy (non-hydrogen) atoms. The predicted molar refractivity (Wildman–Crippen MR) is 102 cm³/mol. The number of hydrogen-bond donors (Lipinski definition) is 1. The number of benzene rings is 1. The molecule has 0 unspecified atom stereocenters. The Balaban J connectivity index is 2.13. The zero-order valence-electron chi connectivity index (χ0n) is 15.6. The number of nitrogen functional groups attached to an aromatic ring is 1. The first-order chi connectivity index (χ1) is 13.0. The summed E-state index contributed by atoms with van der Waals surface area (Å²) in [6, 6.07) is 5.21. The van der Waals surface area contributed by atoms with Crippen LogP contribution in [0.2, 0.25) is 0 Å². The maximum absolute atomic E-state index is 15.5. The molecule has 0 spiro atoms. The van der Waals surface area contributed by atoms with E-state index in [2.05, 4.69) is 33.8 Å². The molecule has 0 aliphatic heterocycles. The Labute approximate surface area is 157 Å². The second-order valence-electron chi connectivity index (χ2n) is 6.23. The first-order valence-electron chi connectivity index (χ1n) is 8.91. The van der Waals surface area contributed by atoms with Crippen molar-refractivity contribution in [2.75, 3.05) is 5.73 Å². The molecular weight excluding hydrogens is 345 g/mol. The topological polar surface area (TPSA) is 86.8 Å². The molecule has 0 fully saturated rings. The third-order valence-electron chi connectivity index (χ3n) is 4.46. The van der Waals surface area contributed by atoms with Crippen molar-refractivity contribution in [3.05, 3.63) is 54.0 Å². The molecule has 0 saturated carbocycles. The SMILES string of the molecule is CCC(CC)c1ccc(-c2cnc(N)cn2)c(F)c1Oc1ccnc(C)n1. The zero-order valence-corrected chi connectivity index (χ0v) is 15.6. The molecule has 0 radical (unpaired) electrons. The first kappa shape index (κ1) is 18.7. The van der Waals surface area contributed by atoms with Gasteiger partial charge in [0.1, 0.15) is 11.6 Å². The van der Waals surface area contributed by atoms with E-state index in [0.717, 1.165) is 18.4 Å². The fourth-order valence-corrected chi connectivity index (χ4v) is 3.00. The molecule has 140 valence electrons. The van der Waals surface area contributed by atoms with Gasteiger partial charge in [0, 0.05) is 23.4 Å². The second kappa shape index (κ2) is 8.07. The quantitative estimate of drug-likeness (QED) is 0.682. The van der Waals surface area contributed by atoms with Crippen LogP contribution in [0.5, 0.6) is 11.6 Å². The molecule has 7 heteroatoms. The van der Waals surface area contributed by atoms with Gasteiger partial charge in [-0.25, -0.2) is 14.4 Å². The molecule has 1 aromatic carbocycles. The van der Waals surface area contributed by atoms with Gasteiger partial charge in [0.05, 0.1) is 18.1 Å². The summed E-state index contributed by atoms with van der Waals surface area (Å²) in [5.41, 5.74) is 7.08. The Kier molecular flexibility index (Phi) is 5.59. The number of ether oxygens (including phenoxy) is 1. The summed E-state index contributed by atoms with van der Waals surface area (Å²) < 4.78 is 21.4. The lowest BCUT2D eigenvalue weighted by atomic mass is 9.91. The van der Waals surface area contributed by atoms with Gasteiger partial charge in [-0.1, -0.05) is 19.9 Å². The monoisotopic (exact) mass is 367 g/mol. The molecule has 0 amide bonds. The maximum atomic E-state index is 15.5. The molecule has 6 nitrogen and oxygen atoms in total. The predicted octanol–water partition coefficient (Wildman–Crippen LogP) is 4.66. The molecule has 0 atom stereocenters. The van der Waals surface area contributed by atoms with E-state index in [4.69, 9.17) is 10.5 Å². The Morgan fingerprint density at radius 3 is 2.48 bits per heavy atom. The van der Waals surface area contributed by atoms with E-state index in [1.54, 1.807) is 25.3 Å². The minimum absolute atomic E-state index is 0.165. The molecule has 2 heterocycles. The van der Waals surface area contributed by atoms with Crippen LogP contribution < -0.4 is 10.5 Å². The van der Waals surface area contributed by atoms with Crippen molar-refractivity contribution in [2.24, 2.45) is 0 Å². The highest BCUT2D eigenvalue weighted by atomic mass is 19.1. The van der Waals surface area contributed by atoms with Gasteiger partial charge >= 0.3 is 0 Å². The van der Waals surface area contributed by atoms with Gasteiger partial charge in [-0.2, -0.15) is 4.98 Å². The van der Waals surface area contributed by atoms with Crippen molar-refractivity contribution in [2.45, 2.75) is 39.5 Å². The fraction of sp³-hybridized carbons (Fsp3) is 0.300. The van der Waals surface area contributed by atoms with E-state index in [9.17, 15) is 0 Å². The normalized spacial score (nSPS) is 11.0. The Hall–Kier alpha value is -3.09. The van der Waals surface area contributed by atoms with Crippen LogP contribution in [0.25, 0.3) is 11.3 Å². The maximum Gasteiger partial charge on any atom is 0.222 e. The summed E-state index contributed by atoms with van der Waals surface area (Å²) >= 11 is 0. The number of anilines is 1. The van der Waals surface area contributed by atoms with E-state index in [0.29, 0.717) is 23.0 Å². The highest BCUT2D eigenvalue weighted by Gasteiger charge is 2.22. The minimum atomic E-state index is -0.491. The van der Waals surface area contributed by atoms with Crippen LogP contribution in [0.4, 0.5) is 10.2 Å². The molecule has 0 aliphatic carbocycles. The van der Waals surface area contributed by atoms with Crippen LogP contribution in [0.1, 0.15) is 44.0 Å². The van der Waals surface area contributed by atoms with Crippen molar-refractivity contribution in [3.63, 3.8) is 0 Å². The Morgan fingerprint density at radius 2 is 1.85 bits per heavy atom. The van der Waals surface area contributed by atoms with Crippen LogP contribution in [-0.4, -0.2) is 19.9 Å². The number of aromatic nitrogens is 4. The van der Waals surface area contributed by atoms with E-state index >= 15 is 4.39 Å². The third-order valence-corrected chi connectivity index (χ3v) is 4.46. The summed E-state index contributed by atoms with van der Waals surface area (Å²) in [5, 5.41) is 0. The van der Waals surface area contributed by atoms with Crippen LogP contribution in [-0.2, 0) is 0 Å². The molecule has 0 bridgehead atoms. The average Bonchev–Trinajstić information content (AvgIpc) is 2.66.